The molecule has 2 aliphatic heterocycles. The number of aliphatic carboxylic acids is 1. The van der Waals surface area contributed by atoms with Gasteiger partial charge in [-0.2, -0.15) is 0 Å². The van der Waals surface area contributed by atoms with Gasteiger partial charge >= 0.3 is 5.97 Å². The zero-order valence-corrected chi connectivity index (χ0v) is 16.5. The van der Waals surface area contributed by atoms with Crippen molar-refractivity contribution >= 4 is 29.5 Å². The summed E-state index contributed by atoms with van der Waals surface area (Å²) in [6.45, 7) is 5.51. The van der Waals surface area contributed by atoms with Crippen molar-refractivity contribution < 1.29 is 19.5 Å². The maximum Gasteiger partial charge on any atom is 0.353 e. The Bertz CT molecular complexity index is 722. The molecule has 1 aromatic carbocycles. The Morgan fingerprint density at radius 2 is 1.78 bits per heavy atom. The van der Waals surface area contributed by atoms with Gasteiger partial charge in [-0.1, -0.05) is 36.4 Å². The minimum atomic E-state index is -1.16. The van der Waals surface area contributed by atoms with Crippen LogP contribution in [0.1, 0.15) is 27.2 Å². The Morgan fingerprint density at radius 1 is 1.26 bits per heavy atom. The Labute approximate surface area is 163 Å². The van der Waals surface area contributed by atoms with E-state index in [1.54, 1.807) is 0 Å². The summed E-state index contributed by atoms with van der Waals surface area (Å²) >= 11 is 1.31. The molecule has 2 amide bonds. The number of nitrogens with zero attached hydrogens (tertiary/aromatic N) is 1. The van der Waals surface area contributed by atoms with Crippen LogP contribution in [-0.2, 0) is 14.4 Å². The van der Waals surface area contributed by atoms with Crippen molar-refractivity contribution in [3.63, 3.8) is 0 Å². The van der Waals surface area contributed by atoms with Crippen LogP contribution in [-0.4, -0.2) is 51.2 Å². The van der Waals surface area contributed by atoms with Gasteiger partial charge in [0.05, 0.1) is 18.5 Å². The fourth-order valence-corrected chi connectivity index (χ4v) is 4.17. The lowest BCUT2D eigenvalue weighted by atomic mass is 9.98. The molecule has 0 bridgehead atoms. The number of nitrogens with two attached hydrogens (primary N) is 1. The molecule has 1 aromatic rings. The number of hydrogen-bond acceptors (Lipinski definition) is 5. The van der Waals surface area contributed by atoms with Gasteiger partial charge in [-0.15, -0.1) is 11.8 Å². The summed E-state index contributed by atoms with van der Waals surface area (Å²) in [5.74, 6) is -1.64. The summed E-state index contributed by atoms with van der Waals surface area (Å²) in [7, 11) is 0. The van der Waals surface area contributed by atoms with E-state index in [4.69, 9.17) is 5.73 Å². The van der Waals surface area contributed by atoms with Gasteiger partial charge in [0.2, 0.25) is 11.8 Å². The van der Waals surface area contributed by atoms with E-state index in [2.05, 4.69) is 5.32 Å². The Balaban J connectivity index is 0.000000369. The minimum absolute atomic E-state index is 0.0264. The number of benzene rings is 1. The van der Waals surface area contributed by atoms with Gasteiger partial charge in [-0.05, 0) is 13.8 Å². The Morgan fingerprint density at radius 3 is 2.15 bits per heavy atom. The van der Waals surface area contributed by atoms with E-state index < -0.39 is 12.0 Å². The number of amides is 2. The number of fused-ring (bicyclic) bond motifs is 1. The molecule has 2 unspecified atom stereocenters. The Hall–Kier alpha value is -2.32. The van der Waals surface area contributed by atoms with Gasteiger partial charge < -0.3 is 16.2 Å². The molecule has 4 N–H and O–H groups in total. The molecule has 0 aliphatic carbocycles. The molecule has 0 spiro atoms. The number of carbonyl (C=O) groups excluding carboxylic acids is 2. The van der Waals surface area contributed by atoms with Gasteiger partial charge in [-0.3, -0.25) is 14.5 Å². The summed E-state index contributed by atoms with van der Waals surface area (Å²) in [6.07, 6.45) is 0.245. The second kappa shape index (κ2) is 8.58. The second-order valence-corrected chi connectivity index (χ2v) is 8.70. The fraction of sp³-hybridized carbons (Fsp3) is 0.421. The monoisotopic (exact) mass is 391 g/mol. The first kappa shape index (κ1) is 21.0. The van der Waals surface area contributed by atoms with E-state index in [9.17, 15) is 19.5 Å². The molecular formula is C19H25N3O4S. The highest BCUT2D eigenvalue weighted by Crippen LogP contribution is 2.46. The molecule has 146 valence electrons. The number of rotatable bonds is 5. The fourth-order valence-electron chi connectivity index (χ4n) is 2.86. The largest absolute Gasteiger partial charge is 0.477 e. The third kappa shape index (κ3) is 4.90. The first-order valence-electron chi connectivity index (χ1n) is 8.63. The molecule has 27 heavy (non-hydrogen) atoms. The SMILES string of the molecule is CC(=O)NC1C(SC(C)(C)CN)=C(C(=O)O)N2C(=O)CC12.c1ccccc1. The van der Waals surface area contributed by atoms with Gasteiger partial charge in [0.25, 0.3) is 0 Å². The van der Waals surface area contributed by atoms with Crippen LogP contribution < -0.4 is 11.1 Å². The average Bonchev–Trinajstić information content (AvgIpc) is 2.85. The average molecular weight is 391 g/mol. The predicted octanol–water partition coefficient (Wildman–Crippen LogP) is 1.56. The van der Waals surface area contributed by atoms with E-state index in [1.807, 2.05) is 50.2 Å². The van der Waals surface area contributed by atoms with Crippen molar-refractivity contribution in [3.05, 3.63) is 47.0 Å². The van der Waals surface area contributed by atoms with Gasteiger partial charge in [0.1, 0.15) is 5.70 Å². The lowest BCUT2D eigenvalue weighted by molar-refractivity contribution is -0.148. The van der Waals surface area contributed by atoms with Crippen LogP contribution in [0.3, 0.4) is 0 Å². The highest BCUT2D eigenvalue weighted by molar-refractivity contribution is 8.04. The standard InChI is InChI=1S/C13H19N3O4S.C6H6/c1-6(17)15-9-7-4-8(18)16(7)10(12(19)20)11(9)21-13(2,3)5-14;1-2-4-6-5-3-1/h7,9H,4-5,14H2,1-3H3,(H,15,17)(H,19,20);1-6H. The molecule has 3 rings (SSSR count). The molecule has 0 aromatic heterocycles. The third-order valence-electron chi connectivity index (χ3n) is 4.23. The minimum Gasteiger partial charge on any atom is -0.477 e. The number of β-lactam (4-membered cyclic amide) rings is 1. The number of carboxylic acids is 1. The van der Waals surface area contributed by atoms with Crippen molar-refractivity contribution in [2.75, 3.05) is 6.54 Å². The summed E-state index contributed by atoms with van der Waals surface area (Å²) in [5, 5.41) is 12.2. The van der Waals surface area contributed by atoms with Crippen molar-refractivity contribution in [3.8, 4) is 0 Å². The van der Waals surface area contributed by atoms with Crippen molar-refractivity contribution in [2.45, 2.75) is 44.0 Å². The molecule has 7 nitrogen and oxygen atoms in total. The highest BCUT2D eigenvalue weighted by Gasteiger charge is 2.54. The van der Waals surface area contributed by atoms with Crippen LogP contribution in [0.5, 0.6) is 0 Å². The first-order valence-corrected chi connectivity index (χ1v) is 9.45. The van der Waals surface area contributed by atoms with Gasteiger partial charge in [0, 0.05) is 23.1 Å². The number of nitrogens with one attached hydrogen (secondary N) is 1. The van der Waals surface area contributed by atoms with Gasteiger partial charge in [0.15, 0.2) is 0 Å². The summed E-state index contributed by atoms with van der Waals surface area (Å²) in [5.41, 5.74) is 5.68. The second-order valence-electron chi connectivity index (χ2n) is 6.95. The zero-order chi connectivity index (χ0) is 20.2. The third-order valence-corrected chi connectivity index (χ3v) is 5.62. The summed E-state index contributed by atoms with van der Waals surface area (Å²) in [4.78, 5) is 36.4. The number of carboxylic acid groups (broad SMARTS) is 1. The topological polar surface area (TPSA) is 113 Å². The summed E-state index contributed by atoms with van der Waals surface area (Å²) < 4.78 is -0.388. The van der Waals surface area contributed by atoms with Crippen molar-refractivity contribution in [1.29, 1.82) is 0 Å². The smallest absolute Gasteiger partial charge is 0.353 e. The van der Waals surface area contributed by atoms with Crippen LogP contribution in [0.2, 0.25) is 0 Å². The quantitative estimate of drug-likeness (QED) is 0.657. The van der Waals surface area contributed by atoms with E-state index in [1.165, 1.54) is 23.6 Å². The predicted molar refractivity (Wildman–Crippen MR) is 105 cm³/mol. The lowest BCUT2D eigenvalue weighted by Crippen LogP contribution is -2.57. The van der Waals surface area contributed by atoms with Crippen LogP contribution in [0, 0.1) is 0 Å². The first-order chi connectivity index (χ1) is 12.7. The normalized spacial score (nSPS) is 21.0. The molecule has 8 heteroatoms. The van der Waals surface area contributed by atoms with Gasteiger partial charge in [-0.25, -0.2) is 4.79 Å². The molecule has 0 saturated carbocycles. The molecule has 2 aliphatic rings. The maximum absolute atomic E-state index is 11.7. The maximum atomic E-state index is 11.7. The molecule has 2 heterocycles. The van der Waals surface area contributed by atoms with Crippen molar-refractivity contribution in [2.24, 2.45) is 5.73 Å². The zero-order valence-electron chi connectivity index (χ0n) is 15.6. The summed E-state index contributed by atoms with van der Waals surface area (Å²) in [6, 6.07) is 11.2. The number of carbonyl (C=O) groups is 3. The van der Waals surface area contributed by atoms with E-state index in [0.29, 0.717) is 11.4 Å². The van der Waals surface area contributed by atoms with Crippen molar-refractivity contribution in [1.82, 2.24) is 10.2 Å². The molecular weight excluding hydrogens is 366 g/mol. The number of hydrogen-bond donors (Lipinski definition) is 3. The molecule has 1 saturated heterocycles. The van der Waals surface area contributed by atoms with Crippen LogP contribution in [0.4, 0.5) is 0 Å². The number of thioether (sulfide) groups is 1. The highest BCUT2D eigenvalue weighted by atomic mass is 32.2. The molecule has 1 fully saturated rings. The van der Waals surface area contributed by atoms with Crippen LogP contribution >= 0.6 is 11.8 Å². The molecule has 2 atom stereocenters. The van der Waals surface area contributed by atoms with Crippen LogP contribution in [0.25, 0.3) is 0 Å². The molecule has 0 radical (unpaired) electrons. The van der Waals surface area contributed by atoms with E-state index >= 15 is 0 Å². The lowest BCUT2D eigenvalue weighted by Gasteiger charge is -2.38. The van der Waals surface area contributed by atoms with Crippen LogP contribution in [0.15, 0.2) is 47.0 Å². The Kier molecular flexibility index (Phi) is 6.67. The van der Waals surface area contributed by atoms with E-state index in [0.717, 1.165) is 0 Å². The van der Waals surface area contributed by atoms with E-state index in [-0.39, 0.29) is 34.7 Å².